The van der Waals surface area contributed by atoms with Crippen molar-refractivity contribution in [2.75, 3.05) is 19.7 Å². The van der Waals surface area contributed by atoms with E-state index in [0.717, 1.165) is 37.9 Å². The maximum absolute atomic E-state index is 10.6. The second kappa shape index (κ2) is 7.64. The maximum atomic E-state index is 10.6. The number of nitrogens with two attached hydrogens (primary N) is 1. The highest BCUT2D eigenvalue weighted by atomic mass is 35.5. The van der Waals surface area contributed by atoms with E-state index >= 15 is 0 Å². The second-order valence-corrected chi connectivity index (χ2v) is 5.84. The number of ether oxygens (including phenoxy) is 1. The van der Waals surface area contributed by atoms with Gasteiger partial charge in [0.05, 0.1) is 0 Å². The molecule has 0 aromatic heterocycles. The van der Waals surface area contributed by atoms with Crippen LogP contribution in [0.1, 0.15) is 24.8 Å². The molecule has 0 amide bonds. The predicted octanol–water partition coefficient (Wildman–Crippen LogP) is 2.12. The Kier molecular flexibility index (Phi) is 5.85. The third-order valence-electron chi connectivity index (χ3n) is 3.63. The van der Waals surface area contributed by atoms with E-state index in [1.807, 2.05) is 6.07 Å². The molecule has 0 spiro atoms. The molecule has 1 aromatic carbocycles. The van der Waals surface area contributed by atoms with E-state index in [0.29, 0.717) is 17.3 Å². The Morgan fingerprint density at radius 2 is 2.24 bits per heavy atom. The van der Waals surface area contributed by atoms with Crippen molar-refractivity contribution < 1.29 is 14.6 Å². The van der Waals surface area contributed by atoms with Gasteiger partial charge in [0.15, 0.2) is 6.61 Å². The first-order valence-electron chi connectivity index (χ1n) is 7.15. The zero-order valence-electron chi connectivity index (χ0n) is 11.9. The van der Waals surface area contributed by atoms with Crippen molar-refractivity contribution in [1.82, 2.24) is 4.90 Å². The number of halogens is 1. The normalized spacial score (nSPS) is 20.0. The molecule has 3 N–H and O–H groups in total. The molecule has 0 unspecified atom stereocenters. The van der Waals surface area contributed by atoms with E-state index in [1.54, 1.807) is 12.1 Å². The van der Waals surface area contributed by atoms with E-state index in [1.165, 1.54) is 0 Å². The zero-order chi connectivity index (χ0) is 15.2. The molecular weight excluding hydrogens is 292 g/mol. The summed E-state index contributed by atoms with van der Waals surface area (Å²) in [6, 6.07) is 5.55. The SMILES string of the molecule is N[C@H]1CCCN(Cc2cc(Cl)ccc2OCC(=O)O)CC1. The van der Waals surface area contributed by atoms with E-state index in [-0.39, 0.29) is 12.6 Å². The number of likely N-dealkylation sites (tertiary alicyclic amines) is 1. The van der Waals surface area contributed by atoms with E-state index in [2.05, 4.69) is 4.90 Å². The topological polar surface area (TPSA) is 75.8 Å². The number of hydrogen-bond donors (Lipinski definition) is 2. The summed E-state index contributed by atoms with van der Waals surface area (Å²) in [6.07, 6.45) is 3.10. The van der Waals surface area contributed by atoms with Crippen LogP contribution in [0.4, 0.5) is 0 Å². The second-order valence-electron chi connectivity index (χ2n) is 5.40. The number of nitrogens with zero attached hydrogens (tertiary/aromatic N) is 1. The summed E-state index contributed by atoms with van der Waals surface area (Å²) in [4.78, 5) is 13.0. The van der Waals surface area contributed by atoms with Crippen LogP contribution in [-0.4, -0.2) is 41.7 Å². The highest BCUT2D eigenvalue weighted by Crippen LogP contribution is 2.25. The molecule has 2 rings (SSSR count). The zero-order valence-corrected chi connectivity index (χ0v) is 12.7. The van der Waals surface area contributed by atoms with Crippen LogP contribution in [-0.2, 0) is 11.3 Å². The molecular formula is C15H21ClN2O3. The van der Waals surface area contributed by atoms with Crippen LogP contribution in [0.5, 0.6) is 5.75 Å². The first-order valence-corrected chi connectivity index (χ1v) is 7.53. The number of benzene rings is 1. The Hall–Kier alpha value is -1.30. The Labute approximate surface area is 129 Å². The molecule has 0 radical (unpaired) electrons. The molecule has 0 bridgehead atoms. The fourth-order valence-electron chi connectivity index (χ4n) is 2.53. The molecule has 6 heteroatoms. The summed E-state index contributed by atoms with van der Waals surface area (Å²) >= 11 is 6.04. The quantitative estimate of drug-likeness (QED) is 0.871. The smallest absolute Gasteiger partial charge is 0.341 e. The van der Waals surface area contributed by atoms with Crippen LogP contribution in [0.2, 0.25) is 5.02 Å². The van der Waals surface area contributed by atoms with Gasteiger partial charge in [-0.15, -0.1) is 0 Å². The van der Waals surface area contributed by atoms with Gasteiger partial charge in [-0.3, -0.25) is 4.90 Å². The standard InChI is InChI=1S/C15H21ClN2O3/c16-12-3-4-14(21-10-15(19)20)11(8-12)9-18-6-1-2-13(17)5-7-18/h3-4,8,13H,1-2,5-7,9-10,17H2,(H,19,20)/t13-/m0/s1. The van der Waals surface area contributed by atoms with Gasteiger partial charge in [0.1, 0.15) is 5.75 Å². The fraction of sp³-hybridized carbons (Fsp3) is 0.533. The lowest BCUT2D eigenvalue weighted by Gasteiger charge is -2.21. The molecule has 5 nitrogen and oxygen atoms in total. The molecule has 1 fully saturated rings. The minimum absolute atomic E-state index is 0.275. The first-order chi connectivity index (χ1) is 10.0. The number of hydrogen-bond acceptors (Lipinski definition) is 4. The molecule has 1 aliphatic rings. The van der Waals surface area contributed by atoms with Gasteiger partial charge in [0, 0.05) is 23.2 Å². The van der Waals surface area contributed by atoms with Gasteiger partial charge in [-0.2, -0.15) is 0 Å². The van der Waals surface area contributed by atoms with Gasteiger partial charge in [0.2, 0.25) is 0 Å². The van der Waals surface area contributed by atoms with Gasteiger partial charge in [-0.25, -0.2) is 4.79 Å². The Morgan fingerprint density at radius 1 is 1.43 bits per heavy atom. The van der Waals surface area contributed by atoms with Crippen molar-refractivity contribution in [3.63, 3.8) is 0 Å². The van der Waals surface area contributed by atoms with Gasteiger partial charge in [0.25, 0.3) is 0 Å². The van der Waals surface area contributed by atoms with Crippen LogP contribution >= 0.6 is 11.6 Å². The average Bonchev–Trinajstić information content (AvgIpc) is 2.63. The number of carboxylic acids is 1. The lowest BCUT2D eigenvalue weighted by atomic mass is 10.1. The lowest BCUT2D eigenvalue weighted by Crippen LogP contribution is -2.26. The first kappa shape index (κ1) is 16.1. The van der Waals surface area contributed by atoms with Crippen molar-refractivity contribution in [2.24, 2.45) is 5.73 Å². The minimum atomic E-state index is -0.989. The lowest BCUT2D eigenvalue weighted by molar-refractivity contribution is -0.139. The summed E-state index contributed by atoms with van der Waals surface area (Å²) in [7, 11) is 0. The van der Waals surface area contributed by atoms with Crippen LogP contribution in [0, 0.1) is 0 Å². The highest BCUT2D eigenvalue weighted by molar-refractivity contribution is 6.30. The summed E-state index contributed by atoms with van der Waals surface area (Å²) in [5.74, 6) is -0.410. The highest BCUT2D eigenvalue weighted by Gasteiger charge is 2.16. The maximum Gasteiger partial charge on any atom is 0.341 e. The fourth-order valence-corrected chi connectivity index (χ4v) is 2.73. The Balaban J connectivity index is 2.06. The van der Waals surface area contributed by atoms with Crippen molar-refractivity contribution in [3.05, 3.63) is 28.8 Å². The third-order valence-corrected chi connectivity index (χ3v) is 3.87. The van der Waals surface area contributed by atoms with Crippen LogP contribution < -0.4 is 10.5 Å². The number of carboxylic acid groups (broad SMARTS) is 1. The van der Waals surface area contributed by atoms with Crippen LogP contribution in [0.3, 0.4) is 0 Å². The Bertz CT molecular complexity index is 496. The van der Waals surface area contributed by atoms with Gasteiger partial charge < -0.3 is 15.6 Å². The molecule has 1 saturated heterocycles. The van der Waals surface area contributed by atoms with E-state index in [4.69, 9.17) is 27.2 Å². The molecule has 1 atom stereocenters. The molecule has 21 heavy (non-hydrogen) atoms. The molecule has 1 heterocycles. The summed E-state index contributed by atoms with van der Waals surface area (Å²) in [5.41, 5.74) is 6.90. The summed E-state index contributed by atoms with van der Waals surface area (Å²) < 4.78 is 5.34. The van der Waals surface area contributed by atoms with E-state index < -0.39 is 5.97 Å². The monoisotopic (exact) mass is 312 g/mol. The van der Waals surface area contributed by atoms with Crippen LogP contribution in [0.25, 0.3) is 0 Å². The predicted molar refractivity (Wildman–Crippen MR) is 81.7 cm³/mol. The van der Waals surface area contributed by atoms with Gasteiger partial charge >= 0.3 is 5.97 Å². The number of carbonyl (C=O) groups is 1. The number of rotatable bonds is 5. The Morgan fingerprint density at radius 3 is 3.00 bits per heavy atom. The molecule has 0 aliphatic carbocycles. The number of aliphatic carboxylic acids is 1. The van der Waals surface area contributed by atoms with Crippen molar-refractivity contribution >= 4 is 17.6 Å². The minimum Gasteiger partial charge on any atom is -0.482 e. The third kappa shape index (κ3) is 5.19. The average molecular weight is 313 g/mol. The van der Waals surface area contributed by atoms with Crippen LogP contribution in [0.15, 0.2) is 18.2 Å². The summed E-state index contributed by atoms with van der Waals surface area (Å²) in [6.45, 7) is 2.27. The molecule has 1 aliphatic heterocycles. The van der Waals surface area contributed by atoms with Gasteiger partial charge in [-0.05, 0) is 50.6 Å². The largest absolute Gasteiger partial charge is 0.482 e. The van der Waals surface area contributed by atoms with Gasteiger partial charge in [-0.1, -0.05) is 11.6 Å². The van der Waals surface area contributed by atoms with Crippen molar-refractivity contribution in [3.8, 4) is 5.75 Å². The molecule has 116 valence electrons. The van der Waals surface area contributed by atoms with E-state index in [9.17, 15) is 4.79 Å². The molecule has 1 aromatic rings. The van der Waals surface area contributed by atoms with Crippen molar-refractivity contribution in [1.29, 1.82) is 0 Å². The molecule has 0 saturated carbocycles. The van der Waals surface area contributed by atoms with Crippen molar-refractivity contribution in [2.45, 2.75) is 31.8 Å². The summed E-state index contributed by atoms with van der Waals surface area (Å²) in [5, 5.41) is 9.36.